The van der Waals surface area contributed by atoms with Gasteiger partial charge in [0.1, 0.15) is 0 Å². The van der Waals surface area contributed by atoms with Crippen molar-refractivity contribution in [1.29, 1.82) is 0 Å². The first-order valence-electron chi connectivity index (χ1n) is 7.06. The van der Waals surface area contributed by atoms with Gasteiger partial charge in [-0.1, -0.05) is 0 Å². The van der Waals surface area contributed by atoms with Crippen LogP contribution >= 0.6 is 11.6 Å². The lowest BCUT2D eigenvalue weighted by atomic mass is 10.1. The van der Waals surface area contributed by atoms with Gasteiger partial charge in [0.05, 0.1) is 0 Å². The number of hydrogen-bond acceptors (Lipinski definition) is 3. The van der Waals surface area contributed by atoms with Gasteiger partial charge in [0.25, 0.3) is 5.91 Å². The summed E-state index contributed by atoms with van der Waals surface area (Å²) in [5.41, 5.74) is 3.03. The van der Waals surface area contributed by atoms with Gasteiger partial charge in [0.2, 0.25) is 0 Å². The number of aryl methyl sites for hydroxylation is 1. The van der Waals surface area contributed by atoms with E-state index in [-0.39, 0.29) is 16.9 Å². The summed E-state index contributed by atoms with van der Waals surface area (Å²) in [4.78, 5) is 14.4. The highest BCUT2D eigenvalue weighted by atomic mass is 35.5. The van der Waals surface area contributed by atoms with Crippen molar-refractivity contribution in [2.24, 2.45) is 0 Å². The maximum absolute atomic E-state index is 12.0. The largest absolute Gasteiger partial charge is 0.440 e. The second-order valence-corrected chi connectivity index (χ2v) is 5.62. The van der Waals surface area contributed by atoms with E-state index in [0.717, 1.165) is 24.3 Å². The summed E-state index contributed by atoms with van der Waals surface area (Å²) in [6, 6.07) is 9.20. The first-order valence-corrected chi connectivity index (χ1v) is 7.43. The molecule has 0 atom stereocenters. The molecule has 5 heteroatoms. The van der Waals surface area contributed by atoms with Crippen LogP contribution in [-0.2, 0) is 0 Å². The smallest absolute Gasteiger partial charge is 0.291 e. The predicted octanol–water partition coefficient (Wildman–Crippen LogP) is 4.09. The maximum Gasteiger partial charge on any atom is 0.291 e. The van der Waals surface area contributed by atoms with Crippen LogP contribution in [0.1, 0.15) is 29.0 Å². The Morgan fingerprint density at radius 1 is 1.24 bits per heavy atom. The Morgan fingerprint density at radius 3 is 2.62 bits per heavy atom. The summed E-state index contributed by atoms with van der Waals surface area (Å²) < 4.78 is 5.11. The average molecular weight is 305 g/mol. The Balaban J connectivity index is 1.75. The molecular weight excluding hydrogens is 288 g/mol. The van der Waals surface area contributed by atoms with E-state index in [0.29, 0.717) is 0 Å². The van der Waals surface area contributed by atoms with E-state index in [2.05, 4.69) is 16.3 Å². The van der Waals surface area contributed by atoms with Crippen LogP contribution in [0.3, 0.4) is 0 Å². The number of benzene rings is 1. The molecule has 1 aromatic carbocycles. The zero-order chi connectivity index (χ0) is 14.8. The van der Waals surface area contributed by atoms with Gasteiger partial charge in [-0.15, -0.1) is 0 Å². The third-order valence-corrected chi connectivity index (χ3v) is 3.93. The highest BCUT2D eigenvalue weighted by molar-refractivity contribution is 6.29. The molecule has 3 rings (SSSR count). The molecule has 0 unspecified atom stereocenters. The van der Waals surface area contributed by atoms with Crippen LogP contribution < -0.4 is 10.2 Å². The molecule has 0 bridgehead atoms. The molecule has 0 aliphatic carbocycles. The summed E-state index contributed by atoms with van der Waals surface area (Å²) >= 11 is 5.68. The predicted molar refractivity (Wildman–Crippen MR) is 84.3 cm³/mol. The number of carbonyl (C=O) groups is 1. The number of halogens is 1. The molecule has 1 aliphatic rings. The third kappa shape index (κ3) is 3.05. The van der Waals surface area contributed by atoms with E-state index >= 15 is 0 Å². The van der Waals surface area contributed by atoms with Crippen molar-refractivity contribution < 1.29 is 9.21 Å². The lowest BCUT2D eigenvalue weighted by molar-refractivity contribution is 0.0996. The van der Waals surface area contributed by atoms with E-state index in [1.54, 1.807) is 12.1 Å². The number of hydrogen-bond donors (Lipinski definition) is 1. The standard InChI is InChI=1S/C16H17ClN2O2/c1-11-10-12(19-8-2-3-9-19)4-5-13(11)18-16(20)14-6-7-15(17)21-14/h4-7,10H,2-3,8-9H2,1H3,(H,18,20). The quantitative estimate of drug-likeness (QED) is 0.929. The Morgan fingerprint density at radius 2 is 2.00 bits per heavy atom. The lowest BCUT2D eigenvalue weighted by Crippen LogP contribution is -2.18. The molecule has 2 aromatic rings. The van der Waals surface area contributed by atoms with Crippen molar-refractivity contribution in [2.75, 3.05) is 23.3 Å². The second kappa shape index (κ2) is 5.82. The minimum absolute atomic E-state index is 0.209. The van der Waals surface area contributed by atoms with Crippen LogP contribution in [0.25, 0.3) is 0 Å². The van der Waals surface area contributed by atoms with E-state index in [9.17, 15) is 4.79 Å². The molecule has 110 valence electrons. The normalized spacial score (nSPS) is 14.5. The maximum atomic E-state index is 12.0. The van der Waals surface area contributed by atoms with Crippen molar-refractivity contribution in [3.63, 3.8) is 0 Å². The zero-order valence-corrected chi connectivity index (χ0v) is 12.6. The lowest BCUT2D eigenvalue weighted by Gasteiger charge is -2.19. The number of anilines is 2. The fraction of sp³-hybridized carbons (Fsp3) is 0.312. The Labute approximate surface area is 128 Å². The number of furan rings is 1. The van der Waals surface area contributed by atoms with Gasteiger partial charge in [-0.25, -0.2) is 0 Å². The molecular formula is C16H17ClN2O2. The molecule has 2 heterocycles. The van der Waals surface area contributed by atoms with E-state index in [4.69, 9.17) is 16.0 Å². The van der Waals surface area contributed by atoms with Crippen LogP contribution in [0, 0.1) is 6.92 Å². The van der Waals surface area contributed by atoms with Gasteiger partial charge in [-0.05, 0) is 67.3 Å². The minimum atomic E-state index is -0.293. The number of rotatable bonds is 3. The van der Waals surface area contributed by atoms with Crippen LogP contribution in [0.2, 0.25) is 5.22 Å². The van der Waals surface area contributed by atoms with E-state index in [1.807, 2.05) is 19.1 Å². The zero-order valence-electron chi connectivity index (χ0n) is 11.9. The monoisotopic (exact) mass is 304 g/mol. The number of nitrogens with zero attached hydrogens (tertiary/aromatic N) is 1. The van der Waals surface area contributed by atoms with Gasteiger partial charge in [0.15, 0.2) is 11.0 Å². The Bertz CT molecular complexity index is 660. The molecule has 0 saturated carbocycles. The van der Waals surface area contributed by atoms with Gasteiger partial charge in [0, 0.05) is 24.5 Å². The van der Waals surface area contributed by atoms with Crippen molar-refractivity contribution in [3.05, 3.63) is 46.9 Å². The fourth-order valence-electron chi connectivity index (χ4n) is 2.58. The molecule has 1 aromatic heterocycles. The Hall–Kier alpha value is -1.94. The topological polar surface area (TPSA) is 45.5 Å². The molecule has 0 spiro atoms. The highest BCUT2D eigenvalue weighted by Gasteiger charge is 2.15. The van der Waals surface area contributed by atoms with Crippen LogP contribution in [0.15, 0.2) is 34.7 Å². The van der Waals surface area contributed by atoms with Gasteiger partial charge in [-0.3, -0.25) is 4.79 Å². The number of nitrogens with one attached hydrogen (secondary N) is 1. The third-order valence-electron chi connectivity index (χ3n) is 3.73. The van der Waals surface area contributed by atoms with Crippen molar-refractivity contribution >= 4 is 28.9 Å². The first kappa shape index (κ1) is 14.0. The molecule has 0 radical (unpaired) electrons. The molecule has 21 heavy (non-hydrogen) atoms. The van der Waals surface area contributed by atoms with Crippen molar-refractivity contribution in [1.82, 2.24) is 0 Å². The average Bonchev–Trinajstić information content (AvgIpc) is 3.12. The molecule has 1 N–H and O–H groups in total. The molecule has 1 fully saturated rings. The minimum Gasteiger partial charge on any atom is -0.440 e. The van der Waals surface area contributed by atoms with Crippen molar-refractivity contribution in [3.8, 4) is 0 Å². The highest BCUT2D eigenvalue weighted by Crippen LogP contribution is 2.26. The van der Waals surface area contributed by atoms with Crippen LogP contribution in [0.4, 0.5) is 11.4 Å². The summed E-state index contributed by atoms with van der Waals surface area (Å²) in [5.74, 6) is -0.0815. The van der Waals surface area contributed by atoms with Crippen LogP contribution in [0.5, 0.6) is 0 Å². The van der Waals surface area contributed by atoms with E-state index in [1.165, 1.54) is 18.5 Å². The molecule has 1 saturated heterocycles. The molecule has 1 aliphatic heterocycles. The summed E-state index contributed by atoms with van der Waals surface area (Å²) in [7, 11) is 0. The summed E-state index contributed by atoms with van der Waals surface area (Å²) in [6.45, 7) is 4.20. The second-order valence-electron chi connectivity index (χ2n) is 5.25. The Kier molecular flexibility index (Phi) is 3.88. The van der Waals surface area contributed by atoms with Gasteiger partial charge in [-0.2, -0.15) is 0 Å². The van der Waals surface area contributed by atoms with E-state index < -0.39 is 0 Å². The SMILES string of the molecule is Cc1cc(N2CCCC2)ccc1NC(=O)c1ccc(Cl)o1. The molecule has 4 nitrogen and oxygen atoms in total. The summed E-state index contributed by atoms with van der Waals surface area (Å²) in [5, 5.41) is 3.06. The van der Waals surface area contributed by atoms with Gasteiger partial charge < -0.3 is 14.6 Å². The number of amides is 1. The van der Waals surface area contributed by atoms with Crippen molar-refractivity contribution in [2.45, 2.75) is 19.8 Å². The first-order chi connectivity index (χ1) is 10.1. The summed E-state index contributed by atoms with van der Waals surface area (Å²) in [6.07, 6.45) is 2.49. The van der Waals surface area contributed by atoms with Gasteiger partial charge >= 0.3 is 0 Å². The molecule has 1 amide bonds. The van der Waals surface area contributed by atoms with Crippen LogP contribution in [-0.4, -0.2) is 19.0 Å². The fourth-order valence-corrected chi connectivity index (χ4v) is 2.73. The number of carbonyl (C=O) groups excluding carboxylic acids is 1.